The molecular formula is C44H29N2OS2+. The van der Waals surface area contributed by atoms with Gasteiger partial charge in [-0.3, -0.25) is 0 Å². The number of aryl methyl sites for hydroxylation is 1. The molecule has 5 heteroatoms. The van der Waals surface area contributed by atoms with Crippen molar-refractivity contribution in [3.05, 3.63) is 155 Å². The van der Waals surface area contributed by atoms with Gasteiger partial charge in [-0.2, -0.15) is 4.58 Å². The molecule has 0 spiro atoms. The van der Waals surface area contributed by atoms with Gasteiger partial charge in [0.15, 0.2) is 0 Å². The number of nitrogens with zero attached hydrogens (tertiary/aromatic N) is 1. The molecule has 49 heavy (non-hydrogen) atoms. The molecule has 6 aromatic carbocycles. The van der Waals surface area contributed by atoms with E-state index in [1.165, 1.54) is 63.0 Å². The van der Waals surface area contributed by atoms with Crippen molar-refractivity contribution in [1.29, 1.82) is 0 Å². The minimum atomic E-state index is 0.0181. The molecule has 0 fully saturated rings. The van der Waals surface area contributed by atoms with E-state index in [0.717, 1.165) is 46.3 Å². The first kappa shape index (κ1) is 27.5. The van der Waals surface area contributed by atoms with Gasteiger partial charge in [0.25, 0.3) is 12.0 Å². The summed E-state index contributed by atoms with van der Waals surface area (Å²) in [5.41, 5.74) is 9.33. The van der Waals surface area contributed by atoms with Crippen LogP contribution in [0, 0.1) is 0 Å². The second-order valence-corrected chi connectivity index (χ2v) is 15.2. The van der Waals surface area contributed by atoms with Crippen molar-refractivity contribution in [2.75, 3.05) is 0 Å². The average molecular weight is 666 g/mol. The smallest absolute Gasteiger partial charge is 0.289 e. The lowest BCUT2D eigenvalue weighted by Gasteiger charge is -2.29. The molecular weight excluding hydrogens is 637 g/mol. The minimum Gasteiger partial charge on any atom is -0.456 e. The van der Waals surface area contributed by atoms with Crippen molar-refractivity contribution < 1.29 is 8.99 Å². The lowest BCUT2D eigenvalue weighted by molar-refractivity contribution is -0.531. The van der Waals surface area contributed by atoms with Gasteiger partial charge in [-0.1, -0.05) is 66.7 Å². The van der Waals surface area contributed by atoms with Crippen LogP contribution in [0.15, 0.2) is 138 Å². The van der Waals surface area contributed by atoms with E-state index in [2.05, 4.69) is 149 Å². The van der Waals surface area contributed by atoms with E-state index < -0.39 is 0 Å². The Kier molecular flexibility index (Phi) is 5.89. The predicted molar refractivity (Wildman–Crippen MR) is 208 cm³/mol. The first-order valence-electron chi connectivity index (χ1n) is 16.8. The van der Waals surface area contributed by atoms with Gasteiger partial charge >= 0.3 is 0 Å². The van der Waals surface area contributed by atoms with Crippen molar-refractivity contribution in [1.82, 2.24) is 5.32 Å². The fourth-order valence-electron chi connectivity index (χ4n) is 7.88. The lowest BCUT2D eigenvalue weighted by Crippen LogP contribution is -2.51. The van der Waals surface area contributed by atoms with Gasteiger partial charge < -0.3 is 4.42 Å². The van der Waals surface area contributed by atoms with E-state index in [9.17, 15) is 0 Å². The molecule has 3 nitrogen and oxygen atoms in total. The summed E-state index contributed by atoms with van der Waals surface area (Å²) in [7, 11) is 0. The Hall–Kier alpha value is -5.49. The summed E-state index contributed by atoms with van der Waals surface area (Å²) < 4.78 is 13.0. The summed E-state index contributed by atoms with van der Waals surface area (Å²) >= 11 is 3.78. The molecule has 0 saturated carbocycles. The standard InChI is InChI=1S/C44H28N2OS2/c1-2-9-26(10-3-1)43-45-44(28-18-22-41-36(24-28)33-12-5-6-15-39(33)48-41)46(43)29-19-20-31-35-23-27(17-21-37(35)47-38(31)25-29)30-13-8-14-34-32-11-4-7-16-40(32)49-42(30)34/h1-4,6-11,13-25,44H,5,12H2/p+1. The molecule has 9 aromatic rings. The van der Waals surface area contributed by atoms with E-state index >= 15 is 0 Å². The first-order valence-corrected chi connectivity index (χ1v) is 18.5. The van der Waals surface area contributed by atoms with Crippen LogP contribution in [0.25, 0.3) is 69.4 Å². The summed E-state index contributed by atoms with van der Waals surface area (Å²) in [6.45, 7) is 0. The van der Waals surface area contributed by atoms with E-state index in [4.69, 9.17) is 4.42 Å². The molecule has 0 bridgehead atoms. The van der Waals surface area contributed by atoms with Crippen LogP contribution < -0.4 is 5.32 Å². The van der Waals surface area contributed by atoms with Crippen molar-refractivity contribution >= 4 is 92.5 Å². The number of rotatable bonds is 4. The Balaban J connectivity index is 1.03. The molecule has 11 rings (SSSR count). The molecule has 0 amide bonds. The van der Waals surface area contributed by atoms with Crippen LogP contribution in [0.5, 0.6) is 0 Å². The van der Waals surface area contributed by atoms with Gasteiger partial charge in [0.05, 0.1) is 5.56 Å². The number of amidine groups is 1. The monoisotopic (exact) mass is 665 g/mol. The number of furan rings is 1. The molecule has 2 aliphatic rings. The maximum Gasteiger partial charge on any atom is 0.289 e. The molecule has 1 unspecified atom stereocenters. The van der Waals surface area contributed by atoms with Crippen LogP contribution in [-0.4, -0.2) is 10.4 Å². The maximum atomic E-state index is 6.57. The van der Waals surface area contributed by atoms with E-state index in [0.29, 0.717) is 0 Å². The van der Waals surface area contributed by atoms with Crippen LogP contribution in [0.3, 0.4) is 0 Å². The highest BCUT2D eigenvalue weighted by molar-refractivity contribution is 7.26. The molecule has 1 aliphatic carbocycles. The van der Waals surface area contributed by atoms with Crippen LogP contribution in [0.4, 0.5) is 5.69 Å². The minimum absolute atomic E-state index is 0.0181. The molecule has 3 aromatic heterocycles. The van der Waals surface area contributed by atoms with Crippen LogP contribution in [-0.2, 0) is 6.42 Å². The van der Waals surface area contributed by atoms with E-state index in [1.54, 1.807) is 0 Å². The summed E-state index contributed by atoms with van der Waals surface area (Å²) in [6.07, 6.45) is 6.85. The topological polar surface area (TPSA) is 28.2 Å². The predicted octanol–water partition coefficient (Wildman–Crippen LogP) is 12.2. The zero-order valence-corrected chi connectivity index (χ0v) is 28.1. The third-order valence-corrected chi connectivity index (χ3v) is 12.7. The number of benzene rings is 6. The fourth-order valence-corrected chi connectivity index (χ4v) is 10.3. The highest BCUT2D eigenvalue weighted by Crippen LogP contribution is 2.43. The third-order valence-electron chi connectivity index (χ3n) is 10.3. The van der Waals surface area contributed by atoms with Gasteiger partial charge in [-0.15, -0.1) is 22.7 Å². The number of nitrogens with one attached hydrogen (secondary N) is 1. The van der Waals surface area contributed by atoms with Gasteiger partial charge in [0, 0.05) is 52.2 Å². The largest absolute Gasteiger partial charge is 0.456 e. The Labute approximate surface area is 290 Å². The zero-order valence-electron chi connectivity index (χ0n) is 26.4. The molecule has 1 N–H and O–H groups in total. The van der Waals surface area contributed by atoms with Crippen molar-refractivity contribution in [3.8, 4) is 11.1 Å². The fraction of sp³-hybridized carbons (Fsp3) is 0.0682. The molecule has 0 radical (unpaired) electrons. The normalized spacial score (nSPS) is 15.8. The SMILES string of the molecule is C1=Cc2sc3ccc(C4NC(c5ccccc5)=[N+]4c4ccc5c(c4)oc4ccc(-c6cccc7c6sc6ccccc67)cc45)cc3c2CC1. The summed E-state index contributed by atoms with van der Waals surface area (Å²) in [4.78, 5) is 1.41. The quantitative estimate of drug-likeness (QED) is 0.190. The number of fused-ring (bicyclic) bond motifs is 9. The summed E-state index contributed by atoms with van der Waals surface area (Å²) in [5.74, 6) is 1.11. The molecule has 4 heterocycles. The van der Waals surface area contributed by atoms with E-state index in [-0.39, 0.29) is 6.17 Å². The molecule has 232 valence electrons. The highest BCUT2D eigenvalue weighted by Gasteiger charge is 2.41. The Bertz CT molecular complexity index is 2870. The second-order valence-electron chi connectivity index (χ2n) is 13.0. The first-order chi connectivity index (χ1) is 24.3. The Morgan fingerprint density at radius 1 is 0.633 bits per heavy atom. The summed E-state index contributed by atoms with van der Waals surface area (Å²) in [6, 6.07) is 46.4. The molecule has 1 aliphatic heterocycles. The second kappa shape index (κ2) is 10.5. The lowest BCUT2D eigenvalue weighted by atomic mass is 9.98. The Morgan fingerprint density at radius 3 is 2.47 bits per heavy atom. The highest BCUT2D eigenvalue weighted by atomic mass is 32.1. The molecule has 1 atom stereocenters. The zero-order chi connectivity index (χ0) is 32.1. The maximum absolute atomic E-state index is 6.57. The van der Waals surface area contributed by atoms with E-state index in [1.807, 2.05) is 22.7 Å². The van der Waals surface area contributed by atoms with Crippen molar-refractivity contribution in [2.24, 2.45) is 0 Å². The summed E-state index contributed by atoms with van der Waals surface area (Å²) in [5, 5.41) is 10.1. The number of allylic oxidation sites excluding steroid dienone is 1. The van der Waals surface area contributed by atoms with Gasteiger partial charge in [0.2, 0.25) is 0 Å². The van der Waals surface area contributed by atoms with Gasteiger partial charge in [0.1, 0.15) is 16.9 Å². The Morgan fingerprint density at radius 2 is 1.51 bits per heavy atom. The third kappa shape index (κ3) is 4.16. The van der Waals surface area contributed by atoms with Gasteiger partial charge in [-0.05, 0) is 102 Å². The van der Waals surface area contributed by atoms with Crippen LogP contribution in [0.1, 0.15) is 34.2 Å². The molecule has 0 saturated heterocycles. The number of hydrogen-bond acceptors (Lipinski definition) is 4. The average Bonchev–Trinajstić information content (AvgIpc) is 3.82. The number of thiophene rings is 2. The number of hydrogen-bond donors (Lipinski definition) is 1. The van der Waals surface area contributed by atoms with Crippen LogP contribution >= 0.6 is 22.7 Å². The van der Waals surface area contributed by atoms with Gasteiger partial charge in [-0.25, -0.2) is 5.32 Å². The van der Waals surface area contributed by atoms with Crippen molar-refractivity contribution in [2.45, 2.75) is 19.0 Å². The van der Waals surface area contributed by atoms with Crippen molar-refractivity contribution in [3.63, 3.8) is 0 Å². The van der Waals surface area contributed by atoms with Crippen LogP contribution in [0.2, 0.25) is 0 Å².